The second-order valence-corrected chi connectivity index (χ2v) is 11.6. The van der Waals surface area contributed by atoms with Crippen molar-refractivity contribution in [1.82, 2.24) is 4.90 Å². The van der Waals surface area contributed by atoms with Crippen molar-refractivity contribution in [3.63, 3.8) is 0 Å². The number of carboxylic acid groups (broad SMARTS) is 1. The third-order valence-electron chi connectivity index (χ3n) is 8.63. The summed E-state index contributed by atoms with van der Waals surface area (Å²) in [5.74, 6) is -1.09. The minimum atomic E-state index is -0.833. The Labute approximate surface area is 246 Å². The molecule has 222 valence electrons. The van der Waals surface area contributed by atoms with E-state index >= 15 is 0 Å². The number of hydrogen-bond donors (Lipinski definition) is 2. The Morgan fingerprint density at radius 3 is 2.50 bits per heavy atom. The van der Waals surface area contributed by atoms with Crippen LogP contribution in [0.3, 0.4) is 0 Å². The Balaban J connectivity index is 1.32. The fraction of sp³-hybridized carbons (Fsp3) is 0.441. The Hall–Kier alpha value is -3.91. The molecule has 2 aliphatic heterocycles. The molecule has 0 unspecified atom stereocenters. The number of aliphatic carboxylic acids is 1. The van der Waals surface area contributed by atoms with Gasteiger partial charge in [-0.25, -0.2) is 0 Å². The number of phenolic OH excluding ortho intramolecular Hbond substituents is 1. The quantitative estimate of drug-likeness (QED) is 0.182. The number of rotatable bonds is 13. The zero-order valence-electron chi connectivity index (χ0n) is 24.0. The maximum absolute atomic E-state index is 13.6. The molecule has 2 fully saturated rings. The zero-order valence-corrected chi connectivity index (χ0v) is 24.0. The van der Waals surface area contributed by atoms with E-state index in [2.05, 4.69) is 13.0 Å². The van der Waals surface area contributed by atoms with E-state index in [9.17, 15) is 19.5 Å². The van der Waals surface area contributed by atoms with E-state index in [1.54, 1.807) is 12.1 Å². The number of hydrogen-bond acceptors (Lipinski definition) is 6. The Morgan fingerprint density at radius 1 is 1.00 bits per heavy atom. The van der Waals surface area contributed by atoms with Crippen LogP contribution in [0.2, 0.25) is 0 Å². The molecule has 42 heavy (non-hydrogen) atoms. The largest absolute Gasteiger partial charge is 0.508 e. The highest BCUT2D eigenvalue weighted by atomic mass is 16.5. The van der Waals surface area contributed by atoms with Gasteiger partial charge in [-0.1, -0.05) is 48.4 Å². The number of allylic oxidation sites excluding steroid dienone is 1. The average molecular weight is 574 g/mol. The first-order valence-electron chi connectivity index (χ1n) is 14.9. The molecule has 0 aromatic heterocycles. The molecule has 2 aromatic rings. The van der Waals surface area contributed by atoms with Crippen LogP contribution in [-0.2, 0) is 19.1 Å². The van der Waals surface area contributed by atoms with Crippen molar-refractivity contribution in [2.75, 3.05) is 19.8 Å². The van der Waals surface area contributed by atoms with Gasteiger partial charge in [0.15, 0.2) is 0 Å². The summed E-state index contributed by atoms with van der Waals surface area (Å²) in [7, 11) is 0. The van der Waals surface area contributed by atoms with E-state index in [0.717, 1.165) is 35.3 Å². The molecular formula is C34H39NO7. The van der Waals surface area contributed by atoms with Crippen LogP contribution in [0, 0.1) is 17.8 Å². The Kier molecular flexibility index (Phi) is 9.42. The molecule has 0 bridgehead atoms. The lowest BCUT2D eigenvalue weighted by atomic mass is 9.69. The molecule has 5 rings (SSSR count). The van der Waals surface area contributed by atoms with Crippen molar-refractivity contribution in [1.29, 1.82) is 0 Å². The van der Waals surface area contributed by atoms with Gasteiger partial charge in [-0.15, -0.1) is 0 Å². The van der Waals surface area contributed by atoms with Gasteiger partial charge < -0.3 is 19.7 Å². The number of amides is 2. The summed E-state index contributed by atoms with van der Waals surface area (Å²) in [6.45, 7) is 3.16. The molecule has 0 spiro atoms. The number of aromatic hydroxyl groups is 1. The predicted octanol–water partition coefficient (Wildman–Crippen LogP) is 5.62. The lowest BCUT2D eigenvalue weighted by molar-refractivity contribution is -0.141. The first-order chi connectivity index (χ1) is 20.3. The number of likely N-dealkylation sites (tertiary alicyclic amines) is 1. The number of phenols is 1. The molecule has 2 aromatic carbocycles. The van der Waals surface area contributed by atoms with Crippen molar-refractivity contribution >= 4 is 23.9 Å². The fourth-order valence-corrected chi connectivity index (χ4v) is 6.59. The van der Waals surface area contributed by atoms with Crippen molar-refractivity contribution in [3.05, 3.63) is 76.9 Å². The Bertz CT molecular complexity index is 1350. The Morgan fingerprint density at radius 2 is 1.76 bits per heavy atom. The molecule has 0 radical (unpaired) electrons. The van der Waals surface area contributed by atoms with Crippen LogP contribution >= 0.6 is 0 Å². The minimum absolute atomic E-state index is 0.0929. The van der Waals surface area contributed by atoms with Gasteiger partial charge >= 0.3 is 5.97 Å². The molecule has 2 heterocycles. The molecule has 4 atom stereocenters. The number of para-hydroxylation sites is 1. The van der Waals surface area contributed by atoms with E-state index in [1.807, 2.05) is 42.5 Å². The van der Waals surface area contributed by atoms with Gasteiger partial charge in [0, 0.05) is 18.9 Å². The van der Waals surface area contributed by atoms with Crippen LogP contribution in [0.15, 0.2) is 71.3 Å². The maximum Gasteiger partial charge on any atom is 0.303 e. The first kappa shape index (κ1) is 29.6. The highest BCUT2D eigenvalue weighted by Gasteiger charge is 2.56. The highest BCUT2D eigenvalue weighted by molar-refractivity contribution is 6.06. The van der Waals surface area contributed by atoms with Gasteiger partial charge in [-0.2, -0.15) is 0 Å². The average Bonchev–Trinajstić information content (AvgIpc) is 3.50. The number of fused-ring (bicyclic) bond motifs is 3. The number of carbonyl (C=O) groups excluding carboxylic acids is 2. The van der Waals surface area contributed by atoms with Gasteiger partial charge in [0.25, 0.3) is 0 Å². The van der Waals surface area contributed by atoms with Gasteiger partial charge in [0.2, 0.25) is 11.8 Å². The second-order valence-electron chi connectivity index (χ2n) is 11.6. The summed E-state index contributed by atoms with van der Waals surface area (Å²) in [6.07, 6.45) is 5.87. The molecule has 2 N–H and O–H groups in total. The molecular weight excluding hydrogens is 534 g/mol. The number of unbranched alkanes of at least 4 members (excludes halogenated alkanes) is 2. The van der Waals surface area contributed by atoms with Gasteiger partial charge in [0.05, 0.1) is 24.5 Å². The van der Waals surface area contributed by atoms with Crippen LogP contribution < -0.4 is 4.74 Å². The predicted molar refractivity (Wildman–Crippen MR) is 158 cm³/mol. The molecule has 8 heteroatoms. The molecule has 2 amide bonds. The number of carbonyl (C=O) groups is 3. The zero-order chi connectivity index (χ0) is 29.6. The minimum Gasteiger partial charge on any atom is -0.508 e. The SMILES string of the molecule is C/C(=C\c1ccc(O)cc1)CC[C@H]1OC[C@H]2C1=C(COc1ccccc1)C[C@H]1C(=O)N(CCCCCC(=O)O)C(=O)[C@H]12. The summed E-state index contributed by atoms with van der Waals surface area (Å²) < 4.78 is 12.5. The molecule has 1 aliphatic carbocycles. The monoisotopic (exact) mass is 573 g/mol. The van der Waals surface area contributed by atoms with E-state index in [0.29, 0.717) is 45.4 Å². The highest BCUT2D eigenvalue weighted by Crippen LogP contribution is 2.50. The van der Waals surface area contributed by atoms with Crippen LogP contribution in [-0.4, -0.2) is 58.8 Å². The van der Waals surface area contributed by atoms with Gasteiger partial charge in [-0.05, 0) is 80.0 Å². The number of nitrogens with zero attached hydrogens (tertiary/aromatic N) is 1. The standard InChI is InChI=1S/C34H39NO7/c1-22(18-23-12-14-25(36)15-13-23)11-16-29-31-24(20-41-26-8-4-2-5-9-26)19-27-32(28(31)21-42-29)34(40)35(33(27)39)17-7-3-6-10-30(37)38/h2,4-5,8-9,12-15,18,27-29,32,36H,3,6-7,10-11,16-17,19-21H2,1H3,(H,37,38)/b22-18+/t27-,28+,29-,32-/m1/s1. The first-order valence-corrected chi connectivity index (χ1v) is 14.9. The third-order valence-corrected chi connectivity index (χ3v) is 8.63. The second kappa shape index (κ2) is 13.4. The molecule has 3 aliphatic rings. The van der Waals surface area contributed by atoms with E-state index in [4.69, 9.17) is 14.6 Å². The van der Waals surface area contributed by atoms with E-state index in [1.165, 1.54) is 10.5 Å². The number of ether oxygens (including phenoxy) is 2. The third kappa shape index (κ3) is 6.76. The number of benzene rings is 2. The molecule has 2 saturated heterocycles. The summed E-state index contributed by atoms with van der Waals surface area (Å²) in [5, 5.41) is 18.5. The van der Waals surface area contributed by atoms with Crippen molar-refractivity contribution in [2.45, 2.75) is 58.0 Å². The molecule has 0 saturated carbocycles. The summed E-state index contributed by atoms with van der Waals surface area (Å²) in [4.78, 5) is 39.4. The smallest absolute Gasteiger partial charge is 0.303 e. The normalized spacial score (nSPS) is 23.7. The van der Waals surface area contributed by atoms with Crippen LogP contribution in [0.5, 0.6) is 11.5 Å². The van der Waals surface area contributed by atoms with Gasteiger partial charge in [0.1, 0.15) is 18.1 Å². The van der Waals surface area contributed by atoms with Crippen LogP contribution in [0.4, 0.5) is 0 Å². The number of carboxylic acids is 1. The lowest BCUT2D eigenvalue weighted by Gasteiger charge is -2.31. The molecule has 8 nitrogen and oxygen atoms in total. The van der Waals surface area contributed by atoms with E-state index < -0.39 is 17.8 Å². The van der Waals surface area contributed by atoms with E-state index in [-0.39, 0.29) is 36.0 Å². The summed E-state index contributed by atoms with van der Waals surface area (Å²) in [5.41, 5.74) is 4.38. The van der Waals surface area contributed by atoms with Crippen LogP contribution in [0.25, 0.3) is 6.08 Å². The van der Waals surface area contributed by atoms with Crippen molar-refractivity contribution in [3.8, 4) is 11.5 Å². The maximum atomic E-state index is 13.6. The van der Waals surface area contributed by atoms with Crippen molar-refractivity contribution < 1.29 is 34.1 Å². The topological polar surface area (TPSA) is 113 Å². The summed E-state index contributed by atoms with van der Waals surface area (Å²) in [6, 6.07) is 16.7. The fourth-order valence-electron chi connectivity index (χ4n) is 6.59. The lowest BCUT2D eigenvalue weighted by Crippen LogP contribution is -2.35. The van der Waals surface area contributed by atoms with Gasteiger partial charge in [-0.3, -0.25) is 19.3 Å². The van der Waals surface area contributed by atoms with Crippen LogP contribution in [0.1, 0.15) is 57.4 Å². The summed E-state index contributed by atoms with van der Waals surface area (Å²) >= 11 is 0. The van der Waals surface area contributed by atoms with Crippen molar-refractivity contribution in [2.24, 2.45) is 17.8 Å². The number of imide groups is 1.